The van der Waals surface area contributed by atoms with Crippen molar-refractivity contribution in [2.45, 2.75) is 80.1 Å². The first-order valence-corrected chi connectivity index (χ1v) is 12.0. The van der Waals surface area contributed by atoms with Crippen molar-refractivity contribution < 1.29 is 24.2 Å². The Morgan fingerprint density at radius 1 is 1.16 bits per heavy atom. The lowest BCUT2D eigenvalue weighted by Gasteiger charge is -2.64. The third-order valence-corrected chi connectivity index (χ3v) is 10.9. The zero-order valence-corrected chi connectivity index (χ0v) is 20.2. The molecule has 5 nitrogen and oxygen atoms in total. The minimum atomic E-state index is -1.50. The number of aliphatic carboxylic acids is 1. The van der Waals surface area contributed by atoms with Gasteiger partial charge in [-0.1, -0.05) is 19.9 Å². The maximum atomic E-state index is 12.7. The molecule has 9 atom stereocenters. The van der Waals surface area contributed by atoms with Gasteiger partial charge in [-0.3, -0.25) is 4.79 Å². The van der Waals surface area contributed by atoms with Crippen molar-refractivity contribution in [2.75, 3.05) is 0 Å². The number of hydrogen-bond acceptors (Lipinski definition) is 4. The maximum absolute atomic E-state index is 12.7. The quantitative estimate of drug-likeness (QED) is 0.542. The minimum Gasteiger partial charge on any atom is -0.479 e. The van der Waals surface area contributed by atoms with Gasteiger partial charge in [0.1, 0.15) is 6.10 Å². The van der Waals surface area contributed by atoms with Gasteiger partial charge in [0.15, 0.2) is 17.2 Å². The molecule has 3 saturated carbocycles. The SMILES string of the molecule is CC1(C)O[C@@H]2C[C@H]3[C@@H]4C[C@H](Cl)C5=CC(=O)C=C[C@]5(C)[C@@]4(Cl)[C@@H](Cl)C[C@]3(C)[C@]2(C(=O)O)O1. The van der Waals surface area contributed by atoms with Gasteiger partial charge in [0, 0.05) is 10.8 Å². The van der Waals surface area contributed by atoms with E-state index in [9.17, 15) is 14.7 Å². The number of halogens is 3. The predicted molar refractivity (Wildman–Crippen MR) is 118 cm³/mol. The Labute approximate surface area is 197 Å². The van der Waals surface area contributed by atoms with E-state index in [4.69, 9.17) is 44.3 Å². The Bertz CT molecular complexity index is 945. The molecule has 1 heterocycles. The van der Waals surface area contributed by atoms with Gasteiger partial charge in [0.25, 0.3) is 0 Å². The zero-order chi connectivity index (χ0) is 22.8. The second kappa shape index (κ2) is 6.29. The number of rotatable bonds is 1. The summed E-state index contributed by atoms with van der Waals surface area (Å²) in [5, 5.41) is 9.47. The standard InChI is InChI=1S/C23H27Cl3O5/c1-19(2)30-17-9-12-13-8-15(24)14-7-11(27)5-6-20(14,3)22(13,26)16(25)10-21(12,4)23(17,31-19)18(28)29/h5-7,12-13,15-17H,8-10H2,1-4H3,(H,28,29)/t12-,13-,15-,16-,17+,20-,21-,22-,23-/m0/s1. The van der Waals surface area contributed by atoms with E-state index in [0.29, 0.717) is 19.3 Å². The van der Waals surface area contributed by atoms with Crippen molar-refractivity contribution in [1.29, 1.82) is 0 Å². The van der Waals surface area contributed by atoms with E-state index in [2.05, 4.69) is 0 Å². The Kier molecular flexibility index (Phi) is 4.51. The Morgan fingerprint density at radius 2 is 1.84 bits per heavy atom. The van der Waals surface area contributed by atoms with Crippen LogP contribution in [0.1, 0.15) is 47.0 Å². The number of alkyl halides is 3. The molecule has 1 saturated heterocycles. The molecule has 0 aromatic rings. The Morgan fingerprint density at radius 3 is 2.48 bits per heavy atom. The number of fused-ring (bicyclic) bond motifs is 7. The lowest BCUT2D eigenvalue weighted by atomic mass is 9.46. The number of carbonyl (C=O) groups excluding carboxylic acids is 1. The van der Waals surface area contributed by atoms with Crippen LogP contribution >= 0.6 is 34.8 Å². The molecule has 5 rings (SSSR count). The van der Waals surface area contributed by atoms with Crippen molar-refractivity contribution in [3.05, 3.63) is 23.8 Å². The van der Waals surface area contributed by atoms with Crippen LogP contribution in [0.5, 0.6) is 0 Å². The molecule has 0 unspecified atom stereocenters. The van der Waals surface area contributed by atoms with Gasteiger partial charge in [-0.25, -0.2) is 4.79 Å². The number of allylic oxidation sites excluding steroid dienone is 4. The van der Waals surface area contributed by atoms with Crippen LogP contribution < -0.4 is 0 Å². The van der Waals surface area contributed by atoms with E-state index in [-0.39, 0.29) is 23.0 Å². The highest BCUT2D eigenvalue weighted by atomic mass is 35.5. The van der Waals surface area contributed by atoms with Crippen LogP contribution in [0.15, 0.2) is 23.8 Å². The predicted octanol–water partition coefficient (Wildman–Crippen LogP) is 4.68. The fourth-order valence-corrected chi connectivity index (χ4v) is 9.29. The maximum Gasteiger partial charge on any atom is 0.339 e. The van der Waals surface area contributed by atoms with Gasteiger partial charge in [-0.05, 0) is 62.7 Å². The molecule has 0 radical (unpaired) electrons. The summed E-state index contributed by atoms with van der Waals surface area (Å²) in [7, 11) is 0. The molecule has 170 valence electrons. The molecule has 0 bridgehead atoms. The minimum absolute atomic E-state index is 0.104. The van der Waals surface area contributed by atoms with E-state index < -0.39 is 44.5 Å². The zero-order valence-electron chi connectivity index (χ0n) is 18.0. The van der Waals surface area contributed by atoms with Crippen molar-refractivity contribution in [2.24, 2.45) is 22.7 Å². The summed E-state index contributed by atoms with van der Waals surface area (Å²) in [5.41, 5.74) is -2.19. The summed E-state index contributed by atoms with van der Waals surface area (Å²) in [6.07, 6.45) is 5.76. The fourth-order valence-electron chi connectivity index (χ4n) is 7.61. The molecule has 1 N–H and O–H groups in total. The van der Waals surface area contributed by atoms with Crippen molar-refractivity contribution in [1.82, 2.24) is 0 Å². The number of carboxylic acid groups (broad SMARTS) is 1. The highest BCUT2D eigenvalue weighted by Crippen LogP contribution is 2.73. The van der Waals surface area contributed by atoms with Crippen LogP contribution in [0.25, 0.3) is 0 Å². The molecule has 31 heavy (non-hydrogen) atoms. The number of carbonyl (C=O) groups is 2. The molecule has 0 aromatic carbocycles. The highest BCUT2D eigenvalue weighted by Gasteiger charge is 2.80. The third-order valence-electron chi connectivity index (χ3n) is 8.90. The summed E-state index contributed by atoms with van der Waals surface area (Å²) in [6, 6.07) is 0. The Hall–Kier alpha value is -0.590. The molecule has 4 aliphatic carbocycles. The topological polar surface area (TPSA) is 72.8 Å². The molecular weight excluding hydrogens is 463 g/mol. The lowest BCUT2D eigenvalue weighted by molar-refractivity contribution is -0.221. The third kappa shape index (κ3) is 2.43. The van der Waals surface area contributed by atoms with E-state index in [1.807, 2.05) is 19.9 Å². The molecule has 1 aliphatic heterocycles. The van der Waals surface area contributed by atoms with Gasteiger partial charge in [0.05, 0.1) is 15.6 Å². The van der Waals surface area contributed by atoms with Gasteiger partial charge < -0.3 is 14.6 Å². The smallest absolute Gasteiger partial charge is 0.339 e. The van der Waals surface area contributed by atoms with Gasteiger partial charge >= 0.3 is 5.97 Å². The molecule has 0 amide bonds. The van der Waals surface area contributed by atoms with Crippen LogP contribution in [0.4, 0.5) is 0 Å². The number of ketones is 1. The van der Waals surface area contributed by atoms with E-state index in [0.717, 1.165) is 5.57 Å². The highest BCUT2D eigenvalue weighted by molar-refractivity contribution is 6.34. The normalized spacial score (nSPS) is 54.5. The molecule has 0 spiro atoms. The Balaban J connectivity index is 1.66. The first kappa shape index (κ1) is 22.2. The molecular formula is C23H27Cl3O5. The number of ether oxygens (including phenoxy) is 2. The molecule has 4 fully saturated rings. The second-order valence-corrected chi connectivity index (χ2v) is 12.4. The van der Waals surface area contributed by atoms with E-state index >= 15 is 0 Å². The summed E-state index contributed by atoms with van der Waals surface area (Å²) in [4.78, 5) is 23.9. The summed E-state index contributed by atoms with van der Waals surface area (Å²) >= 11 is 21.4. The second-order valence-electron chi connectivity index (χ2n) is 10.7. The van der Waals surface area contributed by atoms with Crippen LogP contribution in [-0.2, 0) is 19.1 Å². The van der Waals surface area contributed by atoms with Gasteiger partial charge in [-0.15, -0.1) is 34.8 Å². The van der Waals surface area contributed by atoms with Crippen LogP contribution in [0, 0.1) is 22.7 Å². The van der Waals surface area contributed by atoms with E-state index in [1.165, 1.54) is 6.08 Å². The molecule has 5 aliphatic rings. The van der Waals surface area contributed by atoms with Crippen molar-refractivity contribution >= 4 is 46.6 Å². The van der Waals surface area contributed by atoms with Crippen LogP contribution in [0.3, 0.4) is 0 Å². The summed E-state index contributed by atoms with van der Waals surface area (Å²) in [5.74, 6) is -2.40. The summed E-state index contributed by atoms with van der Waals surface area (Å²) in [6.45, 7) is 7.45. The van der Waals surface area contributed by atoms with Crippen molar-refractivity contribution in [3.63, 3.8) is 0 Å². The number of hydrogen-bond donors (Lipinski definition) is 1. The lowest BCUT2D eigenvalue weighted by Crippen LogP contribution is -2.69. The molecule has 0 aromatic heterocycles. The first-order chi connectivity index (χ1) is 14.2. The monoisotopic (exact) mass is 488 g/mol. The van der Waals surface area contributed by atoms with Gasteiger partial charge in [0.2, 0.25) is 0 Å². The fraction of sp³-hybridized carbons (Fsp3) is 0.739. The summed E-state index contributed by atoms with van der Waals surface area (Å²) < 4.78 is 12.3. The first-order valence-electron chi connectivity index (χ1n) is 10.8. The van der Waals surface area contributed by atoms with Crippen molar-refractivity contribution in [3.8, 4) is 0 Å². The molecule has 8 heteroatoms. The van der Waals surface area contributed by atoms with E-state index in [1.54, 1.807) is 19.9 Å². The van der Waals surface area contributed by atoms with Crippen LogP contribution in [0.2, 0.25) is 0 Å². The van der Waals surface area contributed by atoms with Gasteiger partial charge in [-0.2, -0.15) is 0 Å². The average Bonchev–Trinajstić information content (AvgIpc) is 3.06. The average molecular weight is 490 g/mol. The largest absolute Gasteiger partial charge is 0.479 e. The number of carboxylic acids is 1. The van der Waals surface area contributed by atoms with Crippen LogP contribution in [-0.4, -0.2) is 50.0 Å².